The molecular weight excluding hydrogens is 242 g/mol. The van der Waals surface area contributed by atoms with Gasteiger partial charge in [-0.1, -0.05) is 64.1 Å². The van der Waals surface area contributed by atoms with Crippen LogP contribution in [0.4, 0.5) is 5.69 Å². The van der Waals surface area contributed by atoms with E-state index in [1.165, 1.54) is 17.0 Å². The fraction of sp³-hybridized carbons (Fsp3) is 0.368. The van der Waals surface area contributed by atoms with Gasteiger partial charge in [0, 0.05) is 18.4 Å². The number of hydrogen-bond donors (Lipinski definition) is 0. The lowest BCUT2D eigenvalue weighted by atomic mass is 9.97. The largest absolute Gasteiger partial charge is 0.345 e. The maximum atomic E-state index is 2.28. The molecule has 0 radical (unpaired) electrons. The lowest BCUT2D eigenvalue weighted by molar-refractivity contribution is 0.733. The second-order valence-electron chi connectivity index (χ2n) is 4.95. The normalized spacial score (nSPS) is 13.9. The zero-order valence-electron chi connectivity index (χ0n) is 13.4. The topological polar surface area (TPSA) is 3.24 Å². The van der Waals surface area contributed by atoms with Gasteiger partial charge in [0.05, 0.1) is 0 Å². The molecular formula is C19H27N. The Bertz CT molecular complexity index is 478. The van der Waals surface area contributed by atoms with Crippen molar-refractivity contribution < 1.29 is 0 Å². The molecule has 1 nitrogen and oxygen atoms in total. The van der Waals surface area contributed by atoms with Crippen molar-refractivity contribution in [3.05, 3.63) is 65.9 Å². The second-order valence-corrected chi connectivity index (χ2v) is 4.95. The van der Waals surface area contributed by atoms with Gasteiger partial charge in [-0.25, -0.2) is 0 Å². The molecule has 1 aliphatic rings. The van der Waals surface area contributed by atoms with E-state index in [2.05, 4.69) is 80.4 Å². The van der Waals surface area contributed by atoms with E-state index in [9.17, 15) is 0 Å². The van der Waals surface area contributed by atoms with Crippen LogP contribution in [-0.2, 0) is 0 Å². The fourth-order valence-electron chi connectivity index (χ4n) is 2.28. The first-order valence-corrected chi connectivity index (χ1v) is 7.55. The molecule has 0 aliphatic heterocycles. The monoisotopic (exact) mass is 269 g/mol. The van der Waals surface area contributed by atoms with Crippen LogP contribution in [0.5, 0.6) is 0 Å². The number of allylic oxidation sites excluding steroid dienone is 5. The highest BCUT2D eigenvalue weighted by atomic mass is 15.1. The first-order valence-electron chi connectivity index (χ1n) is 7.55. The van der Waals surface area contributed by atoms with Gasteiger partial charge in [0.25, 0.3) is 0 Å². The molecule has 0 amide bonds. The number of likely N-dealkylation sites (N-methyl/N-ethyl adjacent to an activating group) is 1. The number of rotatable bonds is 3. The van der Waals surface area contributed by atoms with Crippen molar-refractivity contribution in [1.82, 2.24) is 0 Å². The molecule has 0 unspecified atom stereocenters. The van der Waals surface area contributed by atoms with Gasteiger partial charge in [-0.15, -0.1) is 0 Å². The van der Waals surface area contributed by atoms with Crippen molar-refractivity contribution in [2.24, 2.45) is 5.92 Å². The van der Waals surface area contributed by atoms with Gasteiger partial charge in [0.1, 0.15) is 0 Å². The van der Waals surface area contributed by atoms with Crippen LogP contribution in [0.15, 0.2) is 65.9 Å². The van der Waals surface area contributed by atoms with Crippen LogP contribution in [0.25, 0.3) is 0 Å². The summed E-state index contributed by atoms with van der Waals surface area (Å²) in [5, 5.41) is 0. The van der Waals surface area contributed by atoms with Crippen molar-refractivity contribution in [3.8, 4) is 0 Å². The highest BCUT2D eigenvalue weighted by Crippen LogP contribution is 2.27. The van der Waals surface area contributed by atoms with Crippen molar-refractivity contribution in [2.45, 2.75) is 34.1 Å². The van der Waals surface area contributed by atoms with E-state index in [1.54, 1.807) is 0 Å². The van der Waals surface area contributed by atoms with E-state index < -0.39 is 0 Å². The van der Waals surface area contributed by atoms with Crippen molar-refractivity contribution in [3.63, 3.8) is 0 Å². The quantitative estimate of drug-likeness (QED) is 0.693. The lowest BCUT2D eigenvalue weighted by Crippen LogP contribution is -2.18. The third-order valence-corrected chi connectivity index (χ3v) is 3.37. The summed E-state index contributed by atoms with van der Waals surface area (Å²) in [6.45, 7) is 8.53. The molecule has 0 N–H and O–H groups in total. The standard InChI is InChI=1S/C17H21N.C2H6/c1-14(2)16-12-8-5-9-13-17(16)18(3)15-10-6-4-7-11-15;1-2/h4-11,13-14H,12H2,1-3H3;1-2H3. The predicted octanol–water partition coefficient (Wildman–Crippen LogP) is 5.58. The molecule has 0 spiro atoms. The third kappa shape index (κ3) is 4.12. The molecule has 0 heterocycles. The van der Waals surface area contributed by atoms with Gasteiger partial charge in [-0.2, -0.15) is 0 Å². The molecule has 2 rings (SSSR count). The SMILES string of the molecule is CC.CC(C)C1=C(N(C)c2ccccc2)C=CC=CC1. The summed E-state index contributed by atoms with van der Waals surface area (Å²) in [5.74, 6) is 0.568. The molecule has 1 aliphatic carbocycles. The van der Waals surface area contributed by atoms with Crippen LogP contribution < -0.4 is 4.90 Å². The molecule has 0 aromatic heterocycles. The van der Waals surface area contributed by atoms with E-state index in [0.717, 1.165) is 6.42 Å². The first kappa shape index (κ1) is 16.3. The molecule has 1 heteroatoms. The second kappa shape index (κ2) is 8.42. The minimum Gasteiger partial charge on any atom is -0.345 e. The summed E-state index contributed by atoms with van der Waals surface area (Å²) in [6, 6.07) is 10.5. The van der Waals surface area contributed by atoms with Crippen LogP contribution >= 0.6 is 0 Å². The van der Waals surface area contributed by atoms with Crippen LogP contribution in [0.1, 0.15) is 34.1 Å². The van der Waals surface area contributed by atoms with Gasteiger partial charge >= 0.3 is 0 Å². The third-order valence-electron chi connectivity index (χ3n) is 3.37. The van der Waals surface area contributed by atoms with Crippen molar-refractivity contribution >= 4 is 5.69 Å². The Labute approximate surface area is 124 Å². The molecule has 1 aromatic carbocycles. The zero-order chi connectivity index (χ0) is 15.0. The Hall–Kier alpha value is -1.76. The average molecular weight is 269 g/mol. The average Bonchev–Trinajstić information content (AvgIpc) is 2.75. The maximum Gasteiger partial charge on any atom is 0.0408 e. The van der Waals surface area contributed by atoms with E-state index in [1.807, 2.05) is 13.8 Å². The van der Waals surface area contributed by atoms with Crippen molar-refractivity contribution in [1.29, 1.82) is 0 Å². The Morgan fingerprint density at radius 2 is 1.65 bits per heavy atom. The summed E-state index contributed by atoms with van der Waals surface area (Å²) >= 11 is 0. The van der Waals surface area contributed by atoms with Gasteiger partial charge in [0.2, 0.25) is 0 Å². The molecule has 0 saturated carbocycles. The summed E-state index contributed by atoms with van der Waals surface area (Å²) in [4.78, 5) is 2.28. The molecule has 0 fully saturated rings. The van der Waals surface area contributed by atoms with E-state index in [4.69, 9.17) is 0 Å². The summed E-state index contributed by atoms with van der Waals surface area (Å²) in [5.41, 5.74) is 4.05. The molecule has 20 heavy (non-hydrogen) atoms. The Balaban J connectivity index is 0.000000956. The minimum atomic E-state index is 0.568. The number of nitrogens with zero attached hydrogens (tertiary/aromatic N) is 1. The van der Waals surface area contributed by atoms with Crippen LogP contribution in [0.3, 0.4) is 0 Å². The first-order chi connectivity index (χ1) is 9.70. The molecule has 1 aromatic rings. The van der Waals surface area contributed by atoms with Gasteiger partial charge in [0.15, 0.2) is 0 Å². The van der Waals surface area contributed by atoms with Gasteiger partial charge in [-0.3, -0.25) is 0 Å². The van der Waals surface area contributed by atoms with Crippen molar-refractivity contribution in [2.75, 3.05) is 11.9 Å². The molecule has 0 saturated heterocycles. The molecule has 0 bridgehead atoms. The Kier molecular flexibility index (Phi) is 6.86. The van der Waals surface area contributed by atoms with Crippen LogP contribution in [0.2, 0.25) is 0 Å². The van der Waals surface area contributed by atoms with E-state index in [0.29, 0.717) is 5.92 Å². The van der Waals surface area contributed by atoms with Crippen LogP contribution in [-0.4, -0.2) is 7.05 Å². The summed E-state index contributed by atoms with van der Waals surface area (Å²) < 4.78 is 0. The molecule has 108 valence electrons. The summed E-state index contributed by atoms with van der Waals surface area (Å²) in [6.07, 6.45) is 9.75. The fourth-order valence-corrected chi connectivity index (χ4v) is 2.28. The number of hydrogen-bond acceptors (Lipinski definition) is 1. The van der Waals surface area contributed by atoms with Crippen LogP contribution in [0, 0.1) is 5.92 Å². The minimum absolute atomic E-state index is 0.568. The highest BCUT2D eigenvalue weighted by Gasteiger charge is 2.13. The molecule has 0 atom stereocenters. The summed E-state index contributed by atoms with van der Waals surface area (Å²) in [7, 11) is 2.14. The lowest BCUT2D eigenvalue weighted by Gasteiger charge is -2.25. The van der Waals surface area contributed by atoms with Gasteiger partial charge < -0.3 is 4.90 Å². The Morgan fingerprint density at radius 3 is 2.25 bits per heavy atom. The smallest absolute Gasteiger partial charge is 0.0408 e. The van der Waals surface area contributed by atoms with E-state index >= 15 is 0 Å². The number of anilines is 1. The highest BCUT2D eigenvalue weighted by molar-refractivity contribution is 5.55. The number of benzene rings is 1. The van der Waals surface area contributed by atoms with E-state index in [-0.39, 0.29) is 0 Å². The maximum absolute atomic E-state index is 2.28. The Morgan fingerprint density at radius 1 is 1.00 bits per heavy atom. The number of para-hydroxylation sites is 1. The predicted molar refractivity (Wildman–Crippen MR) is 91.0 cm³/mol. The van der Waals surface area contributed by atoms with Gasteiger partial charge in [-0.05, 0) is 36.1 Å². The zero-order valence-corrected chi connectivity index (χ0v) is 13.4.